The number of aromatic nitrogens is 2. The van der Waals surface area contributed by atoms with Crippen molar-refractivity contribution in [1.29, 1.82) is 0 Å². The third-order valence-electron chi connectivity index (χ3n) is 5.37. The van der Waals surface area contributed by atoms with Crippen molar-refractivity contribution < 1.29 is 18.8 Å². The minimum atomic E-state index is -0.154. The molecule has 0 spiro atoms. The van der Waals surface area contributed by atoms with Crippen LogP contribution in [0, 0.1) is 0 Å². The molecule has 7 nitrogen and oxygen atoms in total. The lowest BCUT2D eigenvalue weighted by Crippen LogP contribution is -2.31. The monoisotopic (exact) mass is 421 g/mol. The van der Waals surface area contributed by atoms with Gasteiger partial charge in [0.25, 0.3) is 5.91 Å². The van der Waals surface area contributed by atoms with Gasteiger partial charge >= 0.3 is 0 Å². The average Bonchev–Trinajstić information content (AvgIpc) is 3.26. The first-order valence-electron chi connectivity index (χ1n) is 10.7. The Morgan fingerprint density at radius 3 is 2.55 bits per heavy atom. The molecule has 1 heterocycles. The highest BCUT2D eigenvalue weighted by Crippen LogP contribution is 2.25. The lowest BCUT2D eigenvalue weighted by atomic mass is 9.92. The van der Waals surface area contributed by atoms with Crippen molar-refractivity contribution in [1.82, 2.24) is 15.0 Å². The summed E-state index contributed by atoms with van der Waals surface area (Å²) in [7, 11) is 1.69. The smallest absolute Gasteiger partial charge is 0.260 e. The molecule has 0 radical (unpaired) electrons. The third-order valence-corrected chi connectivity index (χ3v) is 5.37. The van der Waals surface area contributed by atoms with Crippen molar-refractivity contribution in [2.75, 3.05) is 20.3 Å². The van der Waals surface area contributed by atoms with Gasteiger partial charge in [-0.2, -0.15) is 4.98 Å². The molecule has 1 aliphatic rings. The number of ether oxygens (including phenoxy) is 2. The van der Waals surface area contributed by atoms with Gasteiger partial charge in [0, 0.05) is 12.6 Å². The first kappa shape index (κ1) is 20.9. The lowest BCUT2D eigenvalue weighted by Gasteiger charge is -2.18. The predicted octanol–water partition coefficient (Wildman–Crippen LogP) is 4.05. The van der Waals surface area contributed by atoms with Crippen molar-refractivity contribution in [3.8, 4) is 22.9 Å². The van der Waals surface area contributed by atoms with E-state index in [9.17, 15) is 4.79 Å². The highest BCUT2D eigenvalue weighted by Gasteiger charge is 2.16. The molecule has 0 atom stereocenters. The molecule has 2 aromatic carbocycles. The fourth-order valence-electron chi connectivity index (χ4n) is 3.65. The van der Waals surface area contributed by atoms with Crippen molar-refractivity contribution in [2.24, 2.45) is 0 Å². The van der Waals surface area contributed by atoms with E-state index in [0.29, 0.717) is 18.3 Å². The van der Waals surface area contributed by atoms with E-state index in [1.807, 2.05) is 37.3 Å². The summed E-state index contributed by atoms with van der Waals surface area (Å²) in [5.41, 5.74) is 3.54. The molecule has 0 unspecified atom stereocenters. The van der Waals surface area contributed by atoms with Crippen LogP contribution in [0.3, 0.4) is 0 Å². The molecule has 0 saturated heterocycles. The summed E-state index contributed by atoms with van der Waals surface area (Å²) in [6.45, 7) is 2.74. The molecule has 4 rings (SSSR count). The Hall–Kier alpha value is -3.35. The molecule has 3 aromatic rings. The van der Waals surface area contributed by atoms with E-state index in [1.165, 1.54) is 28.9 Å². The van der Waals surface area contributed by atoms with Gasteiger partial charge in [-0.25, -0.2) is 0 Å². The summed E-state index contributed by atoms with van der Waals surface area (Å²) in [4.78, 5) is 18.4. The quantitative estimate of drug-likeness (QED) is 0.546. The molecule has 0 bridgehead atoms. The van der Waals surface area contributed by atoms with Gasteiger partial charge in [-0.05, 0) is 80.1 Å². The van der Waals surface area contributed by atoms with Crippen LogP contribution in [0.15, 0.2) is 47.0 Å². The van der Waals surface area contributed by atoms with Gasteiger partial charge in [0.15, 0.2) is 6.61 Å². The van der Waals surface area contributed by atoms with Gasteiger partial charge < -0.3 is 18.9 Å². The van der Waals surface area contributed by atoms with Crippen molar-refractivity contribution in [2.45, 2.75) is 39.2 Å². The number of nitrogens with zero attached hydrogens (tertiary/aromatic N) is 3. The van der Waals surface area contributed by atoms with E-state index in [0.717, 1.165) is 29.9 Å². The van der Waals surface area contributed by atoms with Crippen molar-refractivity contribution in [3.63, 3.8) is 0 Å². The molecular weight excluding hydrogens is 394 g/mol. The number of carbonyl (C=O) groups is 1. The van der Waals surface area contributed by atoms with Gasteiger partial charge in [0.2, 0.25) is 11.7 Å². The van der Waals surface area contributed by atoms with Crippen LogP contribution < -0.4 is 9.47 Å². The van der Waals surface area contributed by atoms with Crippen LogP contribution in [-0.2, 0) is 24.2 Å². The molecule has 162 valence electrons. The fraction of sp³-hybridized carbons (Fsp3) is 0.375. The molecule has 7 heteroatoms. The van der Waals surface area contributed by atoms with Crippen molar-refractivity contribution in [3.05, 3.63) is 59.5 Å². The Labute approximate surface area is 182 Å². The minimum Gasteiger partial charge on any atom is -0.494 e. The lowest BCUT2D eigenvalue weighted by molar-refractivity contribution is -0.132. The van der Waals surface area contributed by atoms with Crippen LogP contribution in [0.4, 0.5) is 0 Å². The van der Waals surface area contributed by atoms with Crippen LogP contribution in [0.25, 0.3) is 11.4 Å². The first-order chi connectivity index (χ1) is 15.1. The van der Waals surface area contributed by atoms with Gasteiger partial charge in [-0.3, -0.25) is 4.79 Å². The standard InChI is InChI=1S/C24H27N3O4/c1-3-29-20-11-9-18(10-12-20)24-25-22(31-26-24)15-27(2)23(28)16-30-21-13-8-17-6-4-5-7-19(17)14-21/h8-14H,3-7,15-16H2,1-2H3. The Bertz CT molecular complexity index is 1030. The molecule has 1 aromatic heterocycles. The zero-order valence-electron chi connectivity index (χ0n) is 18.0. The van der Waals surface area contributed by atoms with E-state index in [4.69, 9.17) is 14.0 Å². The minimum absolute atomic E-state index is 0.0326. The van der Waals surface area contributed by atoms with Crippen LogP contribution in [0.1, 0.15) is 36.8 Å². The second kappa shape index (κ2) is 9.64. The first-order valence-corrected chi connectivity index (χ1v) is 10.7. The number of fused-ring (bicyclic) bond motifs is 1. The van der Waals surface area contributed by atoms with Gasteiger partial charge in [-0.1, -0.05) is 11.2 Å². The second-order valence-corrected chi connectivity index (χ2v) is 7.65. The third kappa shape index (κ3) is 5.23. The predicted molar refractivity (Wildman–Crippen MR) is 116 cm³/mol. The average molecular weight is 421 g/mol. The Morgan fingerprint density at radius 2 is 1.77 bits per heavy atom. The van der Waals surface area contributed by atoms with E-state index >= 15 is 0 Å². The molecule has 0 N–H and O–H groups in total. The van der Waals surface area contributed by atoms with Crippen LogP contribution in [-0.4, -0.2) is 41.2 Å². The normalized spacial score (nSPS) is 12.8. The second-order valence-electron chi connectivity index (χ2n) is 7.65. The summed E-state index contributed by atoms with van der Waals surface area (Å²) < 4.78 is 16.5. The largest absolute Gasteiger partial charge is 0.494 e. The Balaban J connectivity index is 1.31. The number of benzene rings is 2. The highest BCUT2D eigenvalue weighted by atomic mass is 16.5. The fourth-order valence-corrected chi connectivity index (χ4v) is 3.65. The molecule has 1 aliphatic carbocycles. The van der Waals surface area contributed by atoms with E-state index < -0.39 is 0 Å². The maximum Gasteiger partial charge on any atom is 0.260 e. The number of likely N-dealkylation sites (N-methyl/N-ethyl adjacent to an activating group) is 1. The summed E-state index contributed by atoms with van der Waals surface area (Å²) in [6, 6.07) is 13.6. The maximum absolute atomic E-state index is 12.5. The van der Waals surface area contributed by atoms with Crippen LogP contribution in [0.5, 0.6) is 11.5 Å². The zero-order valence-corrected chi connectivity index (χ0v) is 18.0. The summed E-state index contributed by atoms with van der Waals surface area (Å²) in [6.07, 6.45) is 4.65. The zero-order chi connectivity index (χ0) is 21.6. The van der Waals surface area contributed by atoms with Crippen molar-refractivity contribution >= 4 is 5.91 Å². The van der Waals surface area contributed by atoms with Gasteiger partial charge in [0.05, 0.1) is 13.2 Å². The SMILES string of the molecule is CCOc1ccc(-c2noc(CN(C)C(=O)COc3ccc4c(c3)CCCC4)n2)cc1. The number of carbonyl (C=O) groups excluding carboxylic acids is 1. The van der Waals surface area contributed by atoms with E-state index in [1.54, 1.807) is 7.05 Å². The molecular formula is C24H27N3O4. The Morgan fingerprint density at radius 1 is 1.03 bits per heavy atom. The Kier molecular flexibility index (Phi) is 6.50. The van der Waals surface area contributed by atoms with Crippen LogP contribution >= 0.6 is 0 Å². The molecule has 0 saturated carbocycles. The number of hydrogen-bond donors (Lipinski definition) is 0. The van der Waals surface area contributed by atoms with Gasteiger partial charge in [0.1, 0.15) is 11.5 Å². The molecule has 1 amide bonds. The molecule has 31 heavy (non-hydrogen) atoms. The van der Waals surface area contributed by atoms with Crippen LogP contribution in [0.2, 0.25) is 0 Å². The summed E-state index contributed by atoms with van der Waals surface area (Å²) in [5, 5.41) is 4.01. The maximum atomic E-state index is 12.5. The van der Waals surface area contributed by atoms with E-state index in [-0.39, 0.29) is 19.1 Å². The van der Waals surface area contributed by atoms with E-state index in [2.05, 4.69) is 22.3 Å². The summed E-state index contributed by atoms with van der Waals surface area (Å²) >= 11 is 0. The number of aryl methyl sites for hydroxylation is 2. The highest BCUT2D eigenvalue weighted by molar-refractivity contribution is 5.77. The molecule has 0 fully saturated rings. The van der Waals surface area contributed by atoms with Gasteiger partial charge in [-0.15, -0.1) is 0 Å². The number of hydrogen-bond acceptors (Lipinski definition) is 6. The number of rotatable bonds is 8. The summed E-state index contributed by atoms with van der Waals surface area (Å²) in [5.74, 6) is 2.22. The topological polar surface area (TPSA) is 77.7 Å². The number of amides is 1. The molecule has 0 aliphatic heterocycles.